The number of rotatable bonds is 5. The predicted octanol–water partition coefficient (Wildman–Crippen LogP) is 0.897. The van der Waals surface area contributed by atoms with Crippen molar-refractivity contribution in [1.82, 2.24) is 14.7 Å². The summed E-state index contributed by atoms with van der Waals surface area (Å²) in [5, 5.41) is 2.14. The maximum atomic E-state index is 12.5. The first kappa shape index (κ1) is 15.9. The average molecular weight is 323 g/mol. The van der Waals surface area contributed by atoms with Crippen molar-refractivity contribution < 1.29 is 9.53 Å². The van der Waals surface area contributed by atoms with E-state index >= 15 is 0 Å². The Balaban J connectivity index is 1.43. The van der Waals surface area contributed by atoms with Crippen molar-refractivity contribution in [3.05, 3.63) is 21.9 Å². The molecule has 5 nitrogen and oxygen atoms in total. The van der Waals surface area contributed by atoms with E-state index in [0.29, 0.717) is 6.54 Å². The molecule has 0 unspecified atom stereocenters. The second-order valence-corrected chi connectivity index (χ2v) is 7.05. The Morgan fingerprint density at radius 1 is 1.23 bits per heavy atom. The Morgan fingerprint density at radius 2 is 2.00 bits per heavy atom. The molecule has 0 saturated carbocycles. The molecule has 1 saturated heterocycles. The molecular weight excluding hydrogens is 298 g/mol. The molecule has 122 valence electrons. The smallest absolute Gasteiger partial charge is 0.237 e. The van der Waals surface area contributed by atoms with Gasteiger partial charge >= 0.3 is 0 Å². The second kappa shape index (κ2) is 7.55. The molecule has 1 aromatic rings. The molecular formula is C16H25N3O2S. The van der Waals surface area contributed by atoms with Gasteiger partial charge in [-0.1, -0.05) is 0 Å². The molecule has 0 aromatic carbocycles. The molecule has 0 spiro atoms. The van der Waals surface area contributed by atoms with Crippen LogP contribution in [0.5, 0.6) is 0 Å². The highest BCUT2D eigenvalue weighted by molar-refractivity contribution is 7.10. The number of thiophene rings is 1. The largest absolute Gasteiger partial charge is 0.383 e. The molecule has 1 amide bonds. The van der Waals surface area contributed by atoms with Gasteiger partial charge in [0.15, 0.2) is 0 Å². The van der Waals surface area contributed by atoms with Gasteiger partial charge in [0.1, 0.15) is 0 Å². The van der Waals surface area contributed by atoms with Crippen molar-refractivity contribution in [1.29, 1.82) is 0 Å². The molecule has 2 aliphatic rings. The van der Waals surface area contributed by atoms with Crippen molar-refractivity contribution in [2.45, 2.75) is 13.0 Å². The fraction of sp³-hybridized carbons (Fsp3) is 0.688. The number of ether oxygens (including phenoxy) is 1. The number of carbonyl (C=O) groups excluding carboxylic acids is 1. The summed E-state index contributed by atoms with van der Waals surface area (Å²) in [5.41, 5.74) is 1.34. The molecule has 1 fully saturated rings. The molecule has 0 bridgehead atoms. The number of hydrogen-bond acceptors (Lipinski definition) is 5. The summed E-state index contributed by atoms with van der Waals surface area (Å²) >= 11 is 1.82. The number of hydrogen-bond donors (Lipinski definition) is 0. The summed E-state index contributed by atoms with van der Waals surface area (Å²) in [6, 6.07) is 2.16. The van der Waals surface area contributed by atoms with E-state index in [4.69, 9.17) is 4.74 Å². The average Bonchev–Trinajstić information content (AvgIpc) is 3.01. The number of nitrogens with zero attached hydrogens (tertiary/aromatic N) is 3. The zero-order valence-electron chi connectivity index (χ0n) is 13.3. The van der Waals surface area contributed by atoms with Gasteiger partial charge in [0, 0.05) is 57.8 Å². The first-order valence-corrected chi connectivity index (χ1v) is 8.91. The Labute approximate surface area is 136 Å². The number of fused-ring (bicyclic) bond motifs is 1. The summed E-state index contributed by atoms with van der Waals surface area (Å²) in [7, 11) is 1.74. The molecule has 2 aliphatic heterocycles. The van der Waals surface area contributed by atoms with Gasteiger partial charge in [-0.3, -0.25) is 14.6 Å². The van der Waals surface area contributed by atoms with Crippen LogP contribution in [0.3, 0.4) is 0 Å². The number of methoxy groups -OCH3 is 1. The number of amides is 1. The number of carbonyl (C=O) groups is 1. The highest BCUT2D eigenvalue weighted by atomic mass is 32.1. The van der Waals surface area contributed by atoms with Crippen LogP contribution < -0.4 is 0 Å². The van der Waals surface area contributed by atoms with Crippen molar-refractivity contribution in [3.8, 4) is 0 Å². The van der Waals surface area contributed by atoms with Gasteiger partial charge in [0.05, 0.1) is 13.2 Å². The number of piperazine rings is 1. The van der Waals surface area contributed by atoms with Crippen molar-refractivity contribution in [3.63, 3.8) is 0 Å². The van der Waals surface area contributed by atoms with Crippen LogP contribution in [0, 0.1) is 0 Å². The zero-order chi connectivity index (χ0) is 15.4. The normalized spacial score (nSPS) is 20.1. The van der Waals surface area contributed by atoms with Gasteiger partial charge in [-0.25, -0.2) is 0 Å². The lowest BCUT2D eigenvalue weighted by Crippen LogP contribution is -2.51. The maximum Gasteiger partial charge on any atom is 0.237 e. The Bertz CT molecular complexity index is 497. The first-order chi connectivity index (χ1) is 10.8. The van der Waals surface area contributed by atoms with E-state index in [0.717, 1.165) is 58.8 Å². The molecule has 0 N–H and O–H groups in total. The Morgan fingerprint density at radius 3 is 2.77 bits per heavy atom. The quantitative estimate of drug-likeness (QED) is 0.807. The zero-order valence-corrected chi connectivity index (χ0v) is 14.1. The lowest BCUT2D eigenvalue weighted by atomic mass is 10.1. The summed E-state index contributed by atoms with van der Waals surface area (Å²) in [6.07, 6.45) is 1.02. The molecule has 22 heavy (non-hydrogen) atoms. The Kier molecular flexibility index (Phi) is 5.46. The third-order valence-corrected chi connectivity index (χ3v) is 5.62. The summed E-state index contributed by atoms with van der Waals surface area (Å²) in [6.45, 7) is 8.04. The second-order valence-electron chi connectivity index (χ2n) is 6.04. The van der Waals surface area contributed by atoms with Crippen LogP contribution in [-0.4, -0.2) is 80.1 Å². The molecule has 0 aliphatic carbocycles. The van der Waals surface area contributed by atoms with E-state index in [2.05, 4.69) is 21.2 Å². The molecule has 0 radical (unpaired) electrons. The molecule has 6 heteroatoms. The minimum atomic E-state index is 0.280. The molecule has 3 heterocycles. The standard InChI is InChI=1S/C16H25N3O2S/c1-21-10-9-17-5-7-18(8-6-17)13-16(20)19-4-2-15-14(12-19)3-11-22-15/h3,11H,2,4-10,12-13H2,1H3. The predicted molar refractivity (Wildman–Crippen MR) is 88.2 cm³/mol. The fourth-order valence-electron chi connectivity index (χ4n) is 3.14. The van der Waals surface area contributed by atoms with Gasteiger partial charge in [-0.15, -0.1) is 11.3 Å². The molecule has 3 rings (SSSR count). The fourth-order valence-corrected chi connectivity index (χ4v) is 4.03. The third kappa shape index (κ3) is 3.87. The van der Waals surface area contributed by atoms with Crippen LogP contribution in [0.1, 0.15) is 10.4 Å². The highest BCUT2D eigenvalue weighted by Crippen LogP contribution is 2.24. The topological polar surface area (TPSA) is 36.0 Å². The minimum absolute atomic E-state index is 0.280. The van der Waals surface area contributed by atoms with E-state index in [9.17, 15) is 4.79 Å². The SMILES string of the molecule is COCCN1CCN(CC(=O)N2CCc3sccc3C2)CC1. The van der Waals surface area contributed by atoms with Gasteiger partial charge < -0.3 is 9.64 Å². The highest BCUT2D eigenvalue weighted by Gasteiger charge is 2.24. The summed E-state index contributed by atoms with van der Waals surface area (Å²) in [4.78, 5) is 20.7. The van der Waals surface area contributed by atoms with E-state index in [1.165, 1.54) is 10.4 Å². The third-order valence-electron chi connectivity index (χ3n) is 4.60. The van der Waals surface area contributed by atoms with Crippen LogP contribution in [0.25, 0.3) is 0 Å². The van der Waals surface area contributed by atoms with Crippen molar-refractivity contribution in [2.75, 3.05) is 59.5 Å². The van der Waals surface area contributed by atoms with E-state index < -0.39 is 0 Å². The monoisotopic (exact) mass is 323 g/mol. The lowest BCUT2D eigenvalue weighted by Gasteiger charge is -2.35. The summed E-state index contributed by atoms with van der Waals surface area (Å²) in [5.74, 6) is 0.280. The maximum absolute atomic E-state index is 12.5. The van der Waals surface area contributed by atoms with Crippen molar-refractivity contribution in [2.24, 2.45) is 0 Å². The summed E-state index contributed by atoms with van der Waals surface area (Å²) < 4.78 is 5.12. The van der Waals surface area contributed by atoms with Crippen LogP contribution in [0.4, 0.5) is 0 Å². The van der Waals surface area contributed by atoms with Crippen LogP contribution in [0.15, 0.2) is 11.4 Å². The lowest BCUT2D eigenvalue weighted by molar-refractivity contribution is -0.133. The van der Waals surface area contributed by atoms with Gasteiger partial charge in [0.2, 0.25) is 5.91 Å². The minimum Gasteiger partial charge on any atom is -0.383 e. The van der Waals surface area contributed by atoms with Crippen LogP contribution in [0.2, 0.25) is 0 Å². The van der Waals surface area contributed by atoms with Crippen LogP contribution in [-0.2, 0) is 22.5 Å². The first-order valence-electron chi connectivity index (χ1n) is 8.03. The van der Waals surface area contributed by atoms with Gasteiger partial charge in [-0.2, -0.15) is 0 Å². The van der Waals surface area contributed by atoms with Gasteiger partial charge in [-0.05, 0) is 23.4 Å². The van der Waals surface area contributed by atoms with Crippen LogP contribution >= 0.6 is 11.3 Å². The molecule has 1 aromatic heterocycles. The van der Waals surface area contributed by atoms with E-state index in [1.54, 1.807) is 7.11 Å². The van der Waals surface area contributed by atoms with Gasteiger partial charge in [0.25, 0.3) is 0 Å². The van der Waals surface area contributed by atoms with E-state index in [1.807, 2.05) is 16.2 Å². The Hall–Kier alpha value is -0.950. The van der Waals surface area contributed by atoms with Crippen molar-refractivity contribution >= 4 is 17.2 Å². The molecule has 0 atom stereocenters. The van der Waals surface area contributed by atoms with E-state index in [-0.39, 0.29) is 5.91 Å².